The summed E-state index contributed by atoms with van der Waals surface area (Å²) in [6, 6.07) is 1.94. The van der Waals surface area contributed by atoms with Gasteiger partial charge >= 0.3 is 0 Å². The van der Waals surface area contributed by atoms with E-state index in [4.69, 9.17) is 0 Å². The van der Waals surface area contributed by atoms with Crippen LogP contribution in [0.5, 0.6) is 0 Å². The number of likely N-dealkylation sites (N-methyl/N-ethyl adjacent to an activating group) is 1. The van der Waals surface area contributed by atoms with Gasteiger partial charge in [0.25, 0.3) is 0 Å². The van der Waals surface area contributed by atoms with E-state index >= 15 is 0 Å². The quantitative estimate of drug-likeness (QED) is 0.665. The summed E-state index contributed by atoms with van der Waals surface area (Å²) >= 11 is 0. The van der Waals surface area contributed by atoms with E-state index in [2.05, 4.69) is 58.8 Å². The first-order valence-corrected chi connectivity index (χ1v) is 7.33. The van der Waals surface area contributed by atoms with E-state index < -0.39 is 0 Å². The minimum absolute atomic E-state index is 0.586. The molecular formula is C15H34N2. The maximum atomic E-state index is 3.58. The Labute approximate surface area is 109 Å². The first kappa shape index (κ1) is 16.9. The molecule has 0 spiro atoms. The van der Waals surface area contributed by atoms with Gasteiger partial charge in [-0.05, 0) is 32.7 Å². The van der Waals surface area contributed by atoms with Crippen LogP contribution in [-0.2, 0) is 0 Å². The van der Waals surface area contributed by atoms with E-state index in [0.29, 0.717) is 18.1 Å². The number of hydrogen-bond acceptors (Lipinski definition) is 2. The summed E-state index contributed by atoms with van der Waals surface area (Å²) in [5.41, 5.74) is 0. The summed E-state index contributed by atoms with van der Waals surface area (Å²) < 4.78 is 0. The van der Waals surface area contributed by atoms with E-state index in [1.165, 1.54) is 19.3 Å². The second-order valence-electron chi connectivity index (χ2n) is 6.15. The van der Waals surface area contributed by atoms with Crippen molar-refractivity contribution in [3.8, 4) is 0 Å². The van der Waals surface area contributed by atoms with E-state index in [1.807, 2.05) is 0 Å². The Morgan fingerprint density at radius 2 is 1.65 bits per heavy atom. The minimum atomic E-state index is 0.586. The second kappa shape index (κ2) is 8.93. The van der Waals surface area contributed by atoms with Gasteiger partial charge in [-0.15, -0.1) is 0 Å². The molecule has 0 aliphatic rings. The average Bonchev–Trinajstić information content (AvgIpc) is 2.21. The van der Waals surface area contributed by atoms with Gasteiger partial charge in [-0.3, -0.25) is 4.90 Å². The zero-order valence-corrected chi connectivity index (χ0v) is 13.1. The summed E-state index contributed by atoms with van der Waals surface area (Å²) in [6.45, 7) is 14.8. The lowest BCUT2D eigenvalue weighted by molar-refractivity contribution is 0.151. The third-order valence-electron chi connectivity index (χ3n) is 3.47. The van der Waals surface area contributed by atoms with Crippen LogP contribution >= 0.6 is 0 Å². The van der Waals surface area contributed by atoms with Crippen molar-refractivity contribution in [2.45, 2.75) is 78.9 Å². The zero-order valence-electron chi connectivity index (χ0n) is 13.1. The molecule has 0 aromatic carbocycles. The second-order valence-corrected chi connectivity index (χ2v) is 6.15. The lowest BCUT2D eigenvalue weighted by Gasteiger charge is -2.34. The molecule has 0 rings (SSSR count). The largest absolute Gasteiger partial charge is 0.313 e. The van der Waals surface area contributed by atoms with E-state index in [-0.39, 0.29) is 0 Å². The standard InChI is InChI=1S/C15H34N2/c1-8-9-15(11-16-13(4)5)17(7)14(6)10-12(2)3/h12-16H,8-11H2,1-7H3. The number of nitrogens with zero attached hydrogens (tertiary/aromatic N) is 1. The zero-order chi connectivity index (χ0) is 13.4. The van der Waals surface area contributed by atoms with Crippen LogP contribution in [-0.4, -0.2) is 36.6 Å². The molecule has 2 heteroatoms. The number of nitrogens with one attached hydrogen (secondary N) is 1. The molecule has 0 bridgehead atoms. The molecular weight excluding hydrogens is 208 g/mol. The van der Waals surface area contributed by atoms with E-state index in [1.54, 1.807) is 0 Å². The molecule has 2 atom stereocenters. The summed E-state index contributed by atoms with van der Waals surface area (Å²) in [7, 11) is 2.29. The van der Waals surface area contributed by atoms with Gasteiger partial charge in [0, 0.05) is 24.7 Å². The fraction of sp³-hybridized carbons (Fsp3) is 1.00. The first-order valence-electron chi connectivity index (χ1n) is 7.33. The minimum Gasteiger partial charge on any atom is -0.313 e. The fourth-order valence-electron chi connectivity index (χ4n) is 2.36. The van der Waals surface area contributed by atoms with Crippen molar-refractivity contribution in [2.24, 2.45) is 5.92 Å². The Hall–Kier alpha value is -0.0800. The molecule has 2 nitrogen and oxygen atoms in total. The molecule has 0 aliphatic heterocycles. The molecule has 17 heavy (non-hydrogen) atoms. The third kappa shape index (κ3) is 7.77. The molecule has 0 heterocycles. The third-order valence-corrected chi connectivity index (χ3v) is 3.47. The van der Waals surface area contributed by atoms with Gasteiger partial charge in [0.15, 0.2) is 0 Å². The summed E-state index contributed by atoms with van der Waals surface area (Å²) in [4.78, 5) is 2.57. The Bertz CT molecular complexity index is 178. The van der Waals surface area contributed by atoms with Crippen molar-refractivity contribution in [3.05, 3.63) is 0 Å². The van der Waals surface area contributed by atoms with Crippen LogP contribution in [0.4, 0.5) is 0 Å². The molecule has 0 fully saturated rings. The Morgan fingerprint density at radius 1 is 1.06 bits per heavy atom. The molecule has 0 aromatic rings. The Morgan fingerprint density at radius 3 is 2.06 bits per heavy atom. The van der Waals surface area contributed by atoms with Crippen molar-refractivity contribution in [1.29, 1.82) is 0 Å². The SMILES string of the molecule is CCCC(CNC(C)C)N(C)C(C)CC(C)C. The highest BCUT2D eigenvalue weighted by atomic mass is 15.2. The average molecular weight is 242 g/mol. The molecule has 0 aromatic heterocycles. The van der Waals surface area contributed by atoms with Crippen LogP contribution in [0.1, 0.15) is 60.8 Å². The molecule has 0 saturated heterocycles. The van der Waals surface area contributed by atoms with Crippen LogP contribution in [0.15, 0.2) is 0 Å². The van der Waals surface area contributed by atoms with Gasteiger partial charge < -0.3 is 5.32 Å². The Balaban J connectivity index is 4.25. The lowest BCUT2D eigenvalue weighted by atomic mass is 10.0. The van der Waals surface area contributed by atoms with Gasteiger partial charge in [0.1, 0.15) is 0 Å². The normalized spacial score (nSPS) is 15.9. The predicted octanol–water partition coefficient (Wildman–Crippen LogP) is 3.52. The molecule has 1 N–H and O–H groups in total. The molecule has 2 unspecified atom stereocenters. The summed E-state index contributed by atoms with van der Waals surface area (Å²) in [6.07, 6.45) is 3.85. The van der Waals surface area contributed by atoms with Crippen LogP contribution in [0, 0.1) is 5.92 Å². The summed E-state index contributed by atoms with van der Waals surface area (Å²) in [5, 5.41) is 3.58. The Kier molecular flexibility index (Phi) is 8.89. The highest BCUT2D eigenvalue weighted by molar-refractivity contribution is 4.77. The monoisotopic (exact) mass is 242 g/mol. The predicted molar refractivity (Wildman–Crippen MR) is 78.5 cm³/mol. The van der Waals surface area contributed by atoms with Crippen molar-refractivity contribution >= 4 is 0 Å². The van der Waals surface area contributed by atoms with Gasteiger partial charge in [-0.2, -0.15) is 0 Å². The number of hydrogen-bond donors (Lipinski definition) is 1. The van der Waals surface area contributed by atoms with Crippen molar-refractivity contribution < 1.29 is 0 Å². The van der Waals surface area contributed by atoms with Gasteiger partial charge in [0.2, 0.25) is 0 Å². The molecule has 0 aliphatic carbocycles. The maximum absolute atomic E-state index is 3.58. The van der Waals surface area contributed by atoms with Gasteiger partial charge in [-0.25, -0.2) is 0 Å². The molecule has 104 valence electrons. The molecule has 0 amide bonds. The van der Waals surface area contributed by atoms with Crippen LogP contribution in [0.2, 0.25) is 0 Å². The smallest absolute Gasteiger partial charge is 0.0220 e. The summed E-state index contributed by atoms with van der Waals surface area (Å²) in [5.74, 6) is 0.785. The van der Waals surface area contributed by atoms with Gasteiger partial charge in [0.05, 0.1) is 0 Å². The lowest BCUT2D eigenvalue weighted by Crippen LogP contribution is -2.46. The van der Waals surface area contributed by atoms with Gasteiger partial charge in [-0.1, -0.05) is 41.0 Å². The topological polar surface area (TPSA) is 15.3 Å². The fourth-order valence-corrected chi connectivity index (χ4v) is 2.36. The molecule has 0 radical (unpaired) electrons. The molecule has 0 saturated carbocycles. The maximum Gasteiger partial charge on any atom is 0.0220 e. The first-order chi connectivity index (χ1) is 7.88. The van der Waals surface area contributed by atoms with Crippen molar-refractivity contribution in [1.82, 2.24) is 10.2 Å². The van der Waals surface area contributed by atoms with E-state index in [9.17, 15) is 0 Å². The van der Waals surface area contributed by atoms with Crippen LogP contribution in [0.25, 0.3) is 0 Å². The highest BCUT2D eigenvalue weighted by Gasteiger charge is 2.19. The number of rotatable bonds is 9. The van der Waals surface area contributed by atoms with Crippen LogP contribution in [0.3, 0.4) is 0 Å². The van der Waals surface area contributed by atoms with Crippen LogP contribution < -0.4 is 5.32 Å². The highest BCUT2D eigenvalue weighted by Crippen LogP contribution is 2.14. The van der Waals surface area contributed by atoms with Crippen molar-refractivity contribution in [3.63, 3.8) is 0 Å². The van der Waals surface area contributed by atoms with E-state index in [0.717, 1.165) is 12.5 Å². The van der Waals surface area contributed by atoms with Crippen molar-refractivity contribution in [2.75, 3.05) is 13.6 Å².